The molecule has 0 saturated heterocycles. The van der Waals surface area contributed by atoms with Gasteiger partial charge in [0.15, 0.2) is 0 Å². The first-order chi connectivity index (χ1) is 7.94. The summed E-state index contributed by atoms with van der Waals surface area (Å²) in [5.41, 5.74) is -0.0936. The molecule has 0 bridgehead atoms. The second kappa shape index (κ2) is 6.36. The van der Waals surface area contributed by atoms with Crippen LogP contribution in [0.25, 0.3) is 0 Å². The summed E-state index contributed by atoms with van der Waals surface area (Å²) in [6, 6.07) is 0.391. The van der Waals surface area contributed by atoms with Crippen LogP contribution in [0.4, 0.5) is 0 Å². The first-order valence-corrected chi connectivity index (χ1v) is 6.51. The molecular formula is C13H26N2O2. The molecule has 0 radical (unpaired) electrons. The number of amides is 1. The SMILES string of the molecule is COC(C)(C)CC(C)NCCNC(=O)C1CC1. The number of rotatable bonds is 8. The molecule has 0 spiro atoms. The number of methoxy groups -OCH3 is 1. The Morgan fingerprint density at radius 2 is 2.06 bits per heavy atom. The minimum atomic E-state index is -0.0936. The van der Waals surface area contributed by atoms with E-state index in [1.54, 1.807) is 7.11 Å². The molecule has 1 aliphatic rings. The average molecular weight is 242 g/mol. The van der Waals surface area contributed by atoms with Crippen LogP contribution in [0.1, 0.15) is 40.0 Å². The smallest absolute Gasteiger partial charge is 0.223 e. The molecule has 4 heteroatoms. The van der Waals surface area contributed by atoms with Gasteiger partial charge >= 0.3 is 0 Å². The van der Waals surface area contributed by atoms with Gasteiger partial charge in [-0.15, -0.1) is 0 Å². The van der Waals surface area contributed by atoms with Gasteiger partial charge in [0.25, 0.3) is 0 Å². The third kappa shape index (κ3) is 6.03. The van der Waals surface area contributed by atoms with Crippen molar-refractivity contribution in [2.75, 3.05) is 20.2 Å². The van der Waals surface area contributed by atoms with E-state index in [2.05, 4.69) is 31.4 Å². The average Bonchev–Trinajstić information content (AvgIpc) is 3.07. The maximum Gasteiger partial charge on any atom is 0.223 e. The molecule has 1 amide bonds. The minimum absolute atomic E-state index is 0.0936. The van der Waals surface area contributed by atoms with E-state index in [1.165, 1.54) is 0 Å². The largest absolute Gasteiger partial charge is 0.379 e. The number of hydrogen-bond acceptors (Lipinski definition) is 3. The summed E-state index contributed by atoms with van der Waals surface area (Å²) in [7, 11) is 1.74. The van der Waals surface area contributed by atoms with Crippen molar-refractivity contribution in [2.24, 2.45) is 5.92 Å². The molecule has 1 fully saturated rings. The van der Waals surface area contributed by atoms with Gasteiger partial charge in [0.1, 0.15) is 0 Å². The molecule has 1 aliphatic carbocycles. The Morgan fingerprint density at radius 3 is 2.59 bits per heavy atom. The minimum Gasteiger partial charge on any atom is -0.379 e. The van der Waals surface area contributed by atoms with Crippen molar-refractivity contribution in [2.45, 2.75) is 51.7 Å². The monoisotopic (exact) mass is 242 g/mol. The van der Waals surface area contributed by atoms with Crippen molar-refractivity contribution < 1.29 is 9.53 Å². The zero-order valence-electron chi connectivity index (χ0n) is 11.5. The van der Waals surface area contributed by atoms with Crippen molar-refractivity contribution in [1.29, 1.82) is 0 Å². The van der Waals surface area contributed by atoms with Crippen molar-refractivity contribution in [3.8, 4) is 0 Å². The van der Waals surface area contributed by atoms with Crippen LogP contribution in [0.3, 0.4) is 0 Å². The molecule has 0 aliphatic heterocycles. The Bertz CT molecular complexity index is 250. The summed E-state index contributed by atoms with van der Waals surface area (Å²) in [5.74, 6) is 0.525. The molecule has 1 unspecified atom stereocenters. The van der Waals surface area contributed by atoms with Gasteiger partial charge in [-0.2, -0.15) is 0 Å². The third-order valence-electron chi connectivity index (χ3n) is 3.22. The molecule has 4 nitrogen and oxygen atoms in total. The molecule has 100 valence electrons. The predicted octanol–water partition coefficient (Wildman–Crippen LogP) is 1.31. The Labute approximate surface area is 104 Å². The lowest BCUT2D eigenvalue weighted by molar-refractivity contribution is -0.122. The second-order valence-electron chi connectivity index (χ2n) is 5.59. The Morgan fingerprint density at radius 1 is 1.41 bits per heavy atom. The molecule has 17 heavy (non-hydrogen) atoms. The van der Waals surface area contributed by atoms with Crippen LogP contribution in [0.5, 0.6) is 0 Å². The van der Waals surface area contributed by atoms with Crippen LogP contribution in [0.2, 0.25) is 0 Å². The zero-order valence-corrected chi connectivity index (χ0v) is 11.5. The Kier molecular flexibility index (Phi) is 5.40. The van der Waals surface area contributed by atoms with Crippen LogP contribution in [-0.4, -0.2) is 37.7 Å². The van der Waals surface area contributed by atoms with Crippen molar-refractivity contribution in [3.05, 3.63) is 0 Å². The van der Waals surface area contributed by atoms with E-state index < -0.39 is 0 Å². The van der Waals surface area contributed by atoms with Gasteiger partial charge in [0, 0.05) is 32.2 Å². The Hall–Kier alpha value is -0.610. The maximum absolute atomic E-state index is 11.4. The quantitative estimate of drug-likeness (QED) is 0.631. The zero-order chi connectivity index (χ0) is 12.9. The number of ether oxygens (including phenoxy) is 1. The Balaban J connectivity index is 2.03. The fourth-order valence-electron chi connectivity index (χ4n) is 1.89. The first kappa shape index (κ1) is 14.5. The van der Waals surface area contributed by atoms with Gasteiger partial charge in [-0.05, 0) is 40.0 Å². The summed E-state index contributed by atoms with van der Waals surface area (Å²) in [6.07, 6.45) is 3.09. The van der Waals surface area contributed by atoms with E-state index in [0.29, 0.717) is 18.5 Å². The number of carbonyl (C=O) groups excluding carboxylic acids is 1. The number of hydrogen-bond donors (Lipinski definition) is 2. The molecule has 2 N–H and O–H groups in total. The highest BCUT2D eigenvalue weighted by Crippen LogP contribution is 2.28. The molecule has 0 aromatic carbocycles. The molecule has 0 heterocycles. The molecule has 1 atom stereocenters. The highest BCUT2D eigenvalue weighted by Gasteiger charge is 2.29. The predicted molar refractivity (Wildman–Crippen MR) is 68.9 cm³/mol. The normalized spacial score (nSPS) is 17.9. The van der Waals surface area contributed by atoms with Gasteiger partial charge in [0.2, 0.25) is 5.91 Å². The van der Waals surface area contributed by atoms with Gasteiger partial charge in [-0.1, -0.05) is 0 Å². The van der Waals surface area contributed by atoms with Crippen LogP contribution >= 0.6 is 0 Å². The second-order valence-corrected chi connectivity index (χ2v) is 5.59. The first-order valence-electron chi connectivity index (χ1n) is 6.51. The summed E-state index contributed by atoms with van der Waals surface area (Å²) in [5, 5.41) is 6.34. The van der Waals surface area contributed by atoms with Crippen molar-refractivity contribution in [1.82, 2.24) is 10.6 Å². The lowest BCUT2D eigenvalue weighted by Crippen LogP contribution is -2.40. The maximum atomic E-state index is 11.4. The fourth-order valence-corrected chi connectivity index (χ4v) is 1.89. The van der Waals surface area contributed by atoms with E-state index in [0.717, 1.165) is 25.8 Å². The summed E-state index contributed by atoms with van der Waals surface area (Å²) in [6.45, 7) is 7.84. The van der Waals surface area contributed by atoms with E-state index in [9.17, 15) is 4.79 Å². The van der Waals surface area contributed by atoms with Crippen LogP contribution < -0.4 is 10.6 Å². The lowest BCUT2D eigenvalue weighted by atomic mass is 10.00. The standard InChI is InChI=1S/C13H26N2O2/c1-10(9-13(2,3)17-4)14-7-8-15-12(16)11-5-6-11/h10-11,14H,5-9H2,1-4H3,(H,15,16). The van der Waals surface area contributed by atoms with Crippen LogP contribution in [0, 0.1) is 5.92 Å². The van der Waals surface area contributed by atoms with E-state index in [4.69, 9.17) is 4.74 Å². The highest BCUT2D eigenvalue weighted by molar-refractivity contribution is 5.80. The molecule has 0 aromatic rings. The van der Waals surface area contributed by atoms with E-state index in [1.807, 2.05) is 0 Å². The van der Waals surface area contributed by atoms with Gasteiger partial charge in [-0.25, -0.2) is 0 Å². The third-order valence-corrected chi connectivity index (χ3v) is 3.22. The van der Waals surface area contributed by atoms with Crippen LogP contribution in [0.15, 0.2) is 0 Å². The van der Waals surface area contributed by atoms with Gasteiger partial charge < -0.3 is 15.4 Å². The summed E-state index contributed by atoms with van der Waals surface area (Å²) < 4.78 is 5.38. The topological polar surface area (TPSA) is 50.4 Å². The molecule has 1 rings (SSSR count). The highest BCUT2D eigenvalue weighted by atomic mass is 16.5. The number of nitrogens with one attached hydrogen (secondary N) is 2. The molecular weight excluding hydrogens is 216 g/mol. The van der Waals surface area contributed by atoms with Gasteiger partial charge in [0.05, 0.1) is 5.60 Å². The summed E-state index contributed by atoms with van der Waals surface area (Å²) >= 11 is 0. The molecule has 0 aromatic heterocycles. The summed E-state index contributed by atoms with van der Waals surface area (Å²) in [4.78, 5) is 11.4. The van der Waals surface area contributed by atoms with Crippen LogP contribution in [-0.2, 0) is 9.53 Å². The number of carbonyl (C=O) groups is 1. The fraction of sp³-hybridized carbons (Fsp3) is 0.923. The van der Waals surface area contributed by atoms with Gasteiger partial charge in [-0.3, -0.25) is 4.79 Å². The van der Waals surface area contributed by atoms with Crippen molar-refractivity contribution in [3.63, 3.8) is 0 Å². The van der Waals surface area contributed by atoms with Crippen molar-refractivity contribution >= 4 is 5.91 Å². The molecule has 1 saturated carbocycles. The van der Waals surface area contributed by atoms with E-state index in [-0.39, 0.29) is 11.5 Å². The lowest BCUT2D eigenvalue weighted by Gasteiger charge is -2.27. The van der Waals surface area contributed by atoms with E-state index >= 15 is 0 Å².